The van der Waals surface area contributed by atoms with Gasteiger partial charge in [0.25, 0.3) is 0 Å². The Morgan fingerprint density at radius 1 is 1.38 bits per heavy atom. The van der Waals surface area contributed by atoms with Crippen molar-refractivity contribution < 1.29 is 9.72 Å². The number of Topliss-reactive ketones (excluding diaryl/α,β-unsaturated/α-hetero) is 1. The highest BCUT2D eigenvalue weighted by Gasteiger charge is 2.26. The lowest BCUT2D eigenvalue weighted by molar-refractivity contribution is -0.480. The molecule has 92 valence electrons. The Morgan fingerprint density at radius 3 is 2.56 bits per heavy atom. The second-order valence-corrected chi connectivity index (χ2v) is 4.84. The number of unbranched alkanes of at least 4 members (excludes halogenated alkanes) is 1. The summed E-state index contributed by atoms with van der Waals surface area (Å²) in [7, 11) is 0. The topological polar surface area (TPSA) is 60.2 Å². The fourth-order valence-electron chi connectivity index (χ4n) is 2.45. The van der Waals surface area contributed by atoms with E-state index in [1.54, 1.807) is 0 Å². The van der Waals surface area contributed by atoms with Crippen molar-refractivity contribution >= 4 is 5.78 Å². The molecule has 4 nitrogen and oxygen atoms in total. The van der Waals surface area contributed by atoms with Gasteiger partial charge in [0.15, 0.2) is 0 Å². The maximum Gasteiger partial charge on any atom is 0.203 e. The highest BCUT2D eigenvalue weighted by atomic mass is 16.6. The zero-order valence-corrected chi connectivity index (χ0v) is 9.98. The van der Waals surface area contributed by atoms with Gasteiger partial charge in [-0.1, -0.05) is 19.8 Å². The molecule has 16 heavy (non-hydrogen) atoms. The van der Waals surface area contributed by atoms with Crippen molar-refractivity contribution in [1.29, 1.82) is 0 Å². The van der Waals surface area contributed by atoms with E-state index in [2.05, 4.69) is 0 Å². The number of carbonyl (C=O) groups is 1. The third-order valence-corrected chi connectivity index (χ3v) is 3.47. The molecule has 0 heterocycles. The Hall–Kier alpha value is -0.930. The fraction of sp³-hybridized carbons (Fsp3) is 0.917. The predicted octanol–water partition coefficient (Wildman–Crippen LogP) is 2.83. The van der Waals surface area contributed by atoms with Gasteiger partial charge in [0.2, 0.25) is 6.54 Å². The molecule has 0 radical (unpaired) electrons. The lowest BCUT2D eigenvalue weighted by atomic mass is 9.89. The number of ketones is 1. The van der Waals surface area contributed by atoms with Crippen LogP contribution < -0.4 is 0 Å². The van der Waals surface area contributed by atoms with Gasteiger partial charge in [0, 0.05) is 23.2 Å². The molecule has 1 rings (SSSR count). The second-order valence-electron chi connectivity index (χ2n) is 4.84. The molecule has 0 bridgehead atoms. The first-order chi connectivity index (χ1) is 7.61. The summed E-state index contributed by atoms with van der Waals surface area (Å²) in [4.78, 5) is 21.8. The molecule has 4 heteroatoms. The van der Waals surface area contributed by atoms with Crippen LogP contribution in [0.5, 0.6) is 0 Å². The summed E-state index contributed by atoms with van der Waals surface area (Å²) in [6, 6.07) is 0. The van der Waals surface area contributed by atoms with Gasteiger partial charge in [-0.2, -0.15) is 0 Å². The fourth-order valence-corrected chi connectivity index (χ4v) is 2.45. The summed E-state index contributed by atoms with van der Waals surface area (Å²) < 4.78 is 0. The van der Waals surface area contributed by atoms with E-state index in [1.807, 2.05) is 6.92 Å². The van der Waals surface area contributed by atoms with Gasteiger partial charge >= 0.3 is 0 Å². The zero-order valence-electron chi connectivity index (χ0n) is 9.98. The first-order valence-corrected chi connectivity index (χ1v) is 6.26. The van der Waals surface area contributed by atoms with E-state index in [0.717, 1.165) is 25.7 Å². The average molecular weight is 227 g/mol. The number of nitro groups is 1. The van der Waals surface area contributed by atoms with Crippen molar-refractivity contribution in [2.24, 2.45) is 11.8 Å². The third kappa shape index (κ3) is 4.29. The van der Waals surface area contributed by atoms with Crippen LogP contribution in [0.15, 0.2) is 0 Å². The Labute approximate surface area is 96.6 Å². The maximum atomic E-state index is 11.9. The van der Waals surface area contributed by atoms with Crippen LogP contribution in [-0.4, -0.2) is 17.3 Å². The Kier molecular flexibility index (Phi) is 5.43. The molecule has 0 aromatic heterocycles. The first-order valence-electron chi connectivity index (χ1n) is 6.26. The minimum absolute atomic E-state index is 0.0321. The monoisotopic (exact) mass is 227 g/mol. The third-order valence-electron chi connectivity index (χ3n) is 3.47. The number of carbonyl (C=O) groups excluding carboxylic acids is 1. The van der Waals surface area contributed by atoms with Gasteiger partial charge in [-0.15, -0.1) is 0 Å². The number of hydrogen-bond donors (Lipinski definition) is 0. The van der Waals surface area contributed by atoms with E-state index in [-0.39, 0.29) is 23.3 Å². The zero-order chi connectivity index (χ0) is 12.0. The molecule has 1 fully saturated rings. The quantitative estimate of drug-likeness (QED) is 0.381. The molecule has 0 N–H and O–H groups in total. The summed E-state index contributed by atoms with van der Waals surface area (Å²) in [5, 5.41) is 10.1. The minimum Gasteiger partial charge on any atom is -0.299 e. The summed E-state index contributed by atoms with van der Waals surface area (Å²) in [5.41, 5.74) is 0. The smallest absolute Gasteiger partial charge is 0.203 e. The molecule has 0 aromatic rings. The molecule has 1 atom stereocenters. The number of rotatable bonds is 7. The number of nitrogens with zero attached hydrogens (tertiary/aromatic N) is 1. The normalized spacial score (nSPS) is 18.6. The van der Waals surface area contributed by atoms with Crippen LogP contribution in [-0.2, 0) is 4.79 Å². The van der Waals surface area contributed by atoms with Gasteiger partial charge in [0.05, 0.1) is 0 Å². The van der Waals surface area contributed by atoms with E-state index in [1.165, 1.54) is 12.8 Å². The summed E-state index contributed by atoms with van der Waals surface area (Å²) in [6.07, 6.45) is 6.67. The van der Waals surface area contributed by atoms with Crippen molar-refractivity contribution in [3.8, 4) is 0 Å². The number of hydrogen-bond acceptors (Lipinski definition) is 3. The average Bonchev–Trinajstić information content (AvgIpc) is 2.76. The highest BCUT2D eigenvalue weighted by Crippen LogP contribution is 2.29. The van der Waals surface area contributed by atoms with Crippen molar-refractivity contribution in [3.63, 3.8) is 0 Å². The van der Waals surface area contributed by atoms with Crippen LogP contribution in [0.4, 0.5) is 0 Å². The SMILES string of the molecule is CC(CCCC[N+](=O)[O-])C(=O)C1CCCC1. The van der Waals surface area contributed by atoms with Gasteiger partial charge < -0.3 is 0 Å². The minimum atomic E-state index is -0.288. The molecular formula is C12H21NO3. The maximum absolute atomic E-state index is 11.9. The van der Waals surface area contributed by atoms with Crippen LogP contribution in [0, 0.1) is 22.0 Å². The molecule has 0 amide bonds. The molecule has 1 aliphatic carbocycles. The Bertz CT molecular complexity index is 247. The van der Waals surface area contributed by atoms with E-state index in [0.29, 0.717) is 12.2 Å². The molecule has 0 saturated heterocycles. The van der Waals surface area contributed by atoms with E-state index in [4.69, 9.17) is 0 Å². The summed E-state index contributed by atoms with van der Waals surface area (Å²) >= 11 is 0. The van der Waals surface area contributed by atoms with Crippen molar-refractivity contribution in [2.75, 3.05) is 6.54 Å². The molecule has 1 unspecified atom stereocenters. The van der Waals surface area contributed by atoms with Crippen LogP contribution in [0.3, 0.4) is 0 Å². The largest absolute Gasteiger partial charge is 0.299 e. The van der Waals surface area contributed by atoms with Gasteiger partial charge in [-0.25, -0.2) is 0 Å². The first kappa shape index (κ1) is 13.1. The van der Waals surface area contributed by atoms with E-state index < -0.39 is 0 Å². The van der Waals surface area contributed by atoms with Crippen LogP contribution in [0.25, 0.3) is 0 Å². The second kappa shape index (κ2) is 6.61. The molecule has 0 spiro atoms. The molecule has 1 saturated carbocycles. The van der Waals surface area contributed by atoms with Crippen molar-refractivity contribution in [1.82, 2.24) is 0 Å². The van der Waals surface area contributed by atoms with Gasteiger partial charge in [-0.05, 0) is 25.7 Å². The summed E-state index contributed by atoms with van der Waals surface area (Å²) in [5.74, 6) is 0.763. The molecular weight excluding hydrogens is 206 g/mol. The Morgan fingerprint density at radius 2 is 2.00 bits per heavy atom. The van der Waals surface area contributed by atoms with Crippen molar-refractivity contribution in [3.05, 3.63) is 10.1 Å². The van der Waals surface area contributed by atoms with E-state index in [9.17, 15) is 14.9 Å². The van der Waals surface area contributed by atoms with Crippen molar-refractivity contribution in [2.45, 2.75) is 51.9 Å². The van der Waals surface area contributed by atoms with E-state index >= 15 is 0 Å². The van der Waals surface area contributed by atoms with Gasteiger partial charge in [-0.3, -0.25) is 14.9 Å². The standard InChI is InChI=1S/C12H21NO3/c1-10(6-4-5-9-13(15)16)12(14)11-7-2-3-8-11/h10-11H,2-9H2,1H3. The molecule has 0 aromatic carbocycles. The van der Waals surface area contributed by atoms with Crippen LogP contribution in [0.2, 0.25) is 0 Å². The lowest BCUT2D eigenvalue weighted by Gasteiger charge is -2.14. The van der Waals surface area contributed by atoms with Crippen LogP contribution in [0.1, 0.15) is 51.9 Å². The predicted molar refractivity (Wildman–Crippen MR) is 61.8 cm³/mol. The molecule has 0 aliphatic heterocycles. The Balaban J connectivity index is 2.15. The van der Waals surface area contributed by atoms with Gasteiger partial charge in [0.1, 0.15) is 5.78 Å². The lowest BCUT2D eigenvalue weighted by Crippen LogP contribution is -2.19. The summed E-state index contributed by atoms with van der Waals surface area (Å²) in [6.45, 7) is 2.00. The van der Waals surface area contributed by atoms with Crippen LogP contribution >= 0.6 is 0 Å². The highest BCUT2D eigenvalue weighted by molar-refractivity contribution is 5.83. The molecule has 1 aliphatic rings.